The highest BCUT2D eigenvalue weighted by Crippen LogP contribution is 2.38. The monoisotopic (exact) mass is 403 g/mol. The highest BCUT2D eigenvalue weighted by molar-refractivity contribution is 5.95. The first kappa shape index (κ1) is 21.4. The van der Waals surface area contributed by atoms with Gasteiger partial charge in [-0.2, -0.15) is 0 Å². The maximum atomic E-state index is 12.0. The normalized spacial score (nSPS) is 11.2. The predicted octanol–water partition coefficient (Wildman–Crippen LogP) is 1.69. The number of methoxy groups -OCH3 is 2. The van der Waals surface area contributed by atoms with Gasteiger partial charge in [-0.25, -0.2) is 9.59 Å². The second-order valence-electron chi connectivity index (χ2n) is 5.83. The Morgan fingerprint density at radius 2 is 1.66 bits per heavy atom. The summed E-state index contributed by atoms with van der Waals surface area (Å²) in [5.74, 6) is -2.03. The number of nitrogens with one attached hydrogen (secondary N) is 2. The fraction of sp³-hybridized carbons (Fsp3) is 0.211. The summed E-state index contributed by atoms with van der Waals surface area (Å²) in [6.45, 7) is -0.665. The standard InChI is InChI=1S/C19H21N3O7/c1-27-14-7-12(13(8-15(14)28-2)29-9-16(23)24)17(19(25)26)22-11-5-3-10(4-6-11)18(20)21/h3-8,17,22H,9H2,1-2H3,(H3,20,21)(H,23,24)(H,25,26). The minimum Gasteiger partial charge on any atom is -0.493 e. The Kier molecular flexibility index (Phi) is 6.85. The molecule has 1 atom stereocenters. The van der Waals surface area contributed by atoms with Crippen LogP contribution in [-0.4, -0.2) is 48.8 Å². The molecular formula is C19H21N3O7. The largest absolute Gasteiger partial charge is 0.493 e. The highest BCUT2D eigenvalue weighted by atomic mass is 16.5. The fourth-order valence-electron chi connectivity index (χ4n) is 2.55. The molecule has 6 N–H and O–H groups in total. The Morgan fingerprint density at radius 1 is 1.07 bits per heavy atom. The molecule has 154 valence electrons. The summed E-state index contributed by atoms with van der Waals surface area (Å²) >= 11 is 0. The molecule has 0 radical (unpaired) electrons. The summed E-state index contributed by atoms with van der Waals surface area (Å²) in [4.78, 5) is 22.9. The molecule has 0 heterocycles. The van der Waals surface area contributed by atoms with Gasteiger partial charge in [-0.15, -0.1) is 0 Å². The van der Waals surface area contributed by atoms with Crippen molar-refractivity contribution in [3.8, 4) is 17.2 Å². The second kappa shape index (κ2) is 9.31. The number of aliphatic carboxylic acids is 2. The van der Waals surface area contributed by atoms with Gasteiger partial charge in [0.1, 0.15) is 11.6 Å². The van der Waals surface area contributed by atoms with Crippen molar-refractivity contribution >= 4 is 23.5 Å². The number of nitrogens with two attached hydrogens (primary N) is 1. The molecule has 0 fully saturated rings. The maximum absolute atomic E-state index is 12.0. The molecule has 0 aromatic heterocycles. The molecule has 2 aromatic rings. The van der Waals surface area contributed by atoms with Gasteiger partial charge in [-0.1, -0.05) is 0 Å². The van der Waals surface area contributed by atoms with Crippen LogP contribution in [0.1, 0.15) is 17.2 Å². The van der Waals surface area contributed by atoms with Crippen LogP contribution in [0.5, 0.6) is 17.2 Å². The van der Waals surface area contributed by atoms with E-state index in [4.69, 9.17) is 30.5 Å². The molecule has 0 aliphatic heterocycles. The molecule has 2 aromatic carbocycles. The summed E-state index contributed by atoms with van der Waals surface area (Å²) in [6.07, 6.45) is 0. The molecule has 10 nitrogen and oxygen atoms in total. The number of benzene rings is 2. The molecule has 2 rings (SSSR count). The van der Waals surface area contributed by atoms with Crippen LogP contribution in [-0.2, 0) is 9.59 Å². The summed E-state index contributed by atoms with van der Waals surface area (Å²) in [5, 5.41) is 28.9. The number of nitrogen functional groups attached to an aromatic ring is 1. The van der Waals surface area contributed by atoms with E-state index in [0.29, 0.717) is 11.3 Å². The van der Waals surface area contributed by atoms with E-state index >= 15 is 0 Å². The van der Waals surface area contributed by atoms with Crippen LogP contribution in [0.4, 0.5) is 5.69 Å². The first-order chi connectivity index (χ1) is 13.8. The van der Waals surface area contributed by atoms with E-state index in [-0.39, 0.29) is 28.6 Å². The van der Waals surface area contributed by atoms with E-state index in [0.717, 1.165) is 0 Å². The zero-order chi connectivity index (χ0) is 21.6. The lowest BCUT2D eigenvalue weighted by Gasteiger charge is -2.21. The van der Waals surface area contributed by atoms with Crippen LogP contribution in [0.2, 0.25) is 0 Å². The lowest BCUT2D eigenvalue weighted by molar-refractivity contribution is -0.139. The van der Waals surface area contributed by atoms with Gasteiger partial charge in [0, 0.05) is 22.9 Å². The van der Waals surface area contributed by atoms with Crippen LogP contribution in [0, 0.1) is 5.41 Å². The molecule has 0 saturated carbocycles. The Hall–Kier alpha value is -3.95. The minimum absolute atomic E-state index is 0.0188. The van der Waals surface area contributed by atoms with Gasteiger partial charge in [0.15, 0.2) is 24.1 Å². The summed E-state index contributed by atoms with van der Waals surface area (Å²) in [7, 11) is 2.78. The fourth-order valence-corrected chi connectivity index (χ4v) is 2.55. The molecule has 0 aliphatic carbocycles. The molecule has 0 aliphatic rings. The van der Waals surface area contributed by atoms with Crippen molar-refractivity contribution in [2.75, 3.05) is 26.1 Å². The Balaban J connectivity index is 2.47. The number of carboxylic acids is 2. The number of anilines is 1. The lowest BCUT2D eigenvalue weighted by atomic mass is 10.0. The average Bonchev–Trinajstić information content (AvgIpc) is 2.69. The third-order valence-electron chi connectivity index (χ3n) is 3.93. The molecule has 0 bridgehead atoms. The van der Waals surface area contributed by atoms with Gasteiger partial charge in [0.2, 0.25) is 0 Å². The number of ether oxygens (including phenoxy) is 3. The van der Waals surface area contributed by atoms with Crippen LogP contribution in [0.25, 0.3) is 0 Å². The van der Waals surface area contributed by atoms with Crippen molar-refractivity contribution in [3.63, 3.8) is 0 Å². The number of hydrogen-bond acceptors (Lipinski definition) is 7. The maximum Gasteiger partial charge on any atom is 0.341 e. The van der Waals surface area contributed by atoms with Crippen molar-refractivity contribution in [2.24, 2.45) is 5.73 Å². The molecule has 0 amide bonds. The Morgan fingerprint density at radius 3 is 2.14 bits per heavy atom. The molecule has 10 heteroatoms. The Labute approximate surface area is 166 Å². The van der Waals surface area contributed by atoms with E-state index in [9.17, 15) is 14.7 Å². The number of carboxylic acid groups (broad SMARTS) is 2. The van der Waals surface area contributed by atoms with Crippen LogP contribution >= 0.6 is 0 Å². The van der Waals surface area contributed by atoms with Crippen LogP contribution < -0.4 is 25.3 Å². The van der Waals surface area contributed by atoms with Crippen molar-refractivity contribution in [2.45, 2.75) is 6.04 Å². The van der Waals surface area contributed by atoms with E-state index in [1.165, 1.54) is 26.4 Å². The third-order valence-corrected chi connectivity index (χ3v) is 3.93. The van der Waals surface area contributed by atoms with E-state index < -0.39 is 24.6 Å². The average molecular weight is 403 g/mol. The van der Waals surface area contributed by atoms with E-state index in [1.54, 1.807) is 24.3 Å². The van der Waals surface area contributed by atoms with Gasteiger partial charge in [0.05, 0.1) is 14.2 Å². The minimum atomic E-state index is -1.29. The smallest absolute Gasteiger partial charge is 0.341 e. The second-order valence-corrected chi connectivity index (χ2v) is 5.83. The summed E-state index contributed by atoms with van der Waals surface area (Å²) in [6, 6.07) is 7.78. The lowest BCUT2D eigenvalue weighted by Crippen LogP contribution is -2.22. The van der Waals surface area contributed by atoms with Gasteiger partial charge in [-0.3, -0.25) is 5.41 Å². The zero-order valence-electron chi connectivity index (χ0n) is 15.8. The van der Waals surface area contributed by atoms with Gasteiger partial charge >= 0.3 is 11.9 Å². The van der Waals surface area contributed by atoms with Gasteiger partial charge < -0.3 is 35.5 Å². The van der Waals surface area contributed by atoms with Gasteiger partial charge in [-0.05, 0) is 30.3 Å². The molecule has 0 spiro atoms. The van der Waals surface area contributed by atoms with E-state index in [2.05, 4.69) is 5.32 Å². The van der Waals surface area contributed by atoms with Crippen molar-refractivity contribution in [1.82, 2.24) is 0 Å². The van der Waals surface area contributed by atoms with E-state index in [1.807, 2.05) is 0 Å². The quantitative estimate of drug-likeness (QED) is 0.293. The highest BCUT2D eigenvalue weighted by Gasteiger charge is 2.26. The van der Waals surface area contributed by atoms with Crippen LogP contribution in [0.15, 0.2) is 36.4 Å². The summed E-state index contributed by atoms with van der Waals surface area (Å²) in [5.41, 5.74) is 6.50. The molecule has 29 heavy (non-hydrogen) atoms. The SMILES string of the molecule is COc1cc(OCC(=O)O)c(C(Nc2ccc(C(=N)N)cc2)C(=O)O)cc1OC. The third kappa shape index (κ3) is 5.28. The Bertz CT molecular complexity index is 913. The van der Waals surface area contributed by atoms with Crippen molar-refractivity contribution in [3.05, 3.63) is 47.5 Å². The summed E-state index contributed by atoms with van der Waals surface area (Å²) < 4.78 is 15.7. The molecule has 0 saturated heterocycles. The zero-order valence-corrected chi connectivity index (χ0v) is 15.8. The number of rotatable bonds is 10. The van der Waals surface area contributed by atoms with Crippen molar-refractivity contribution in [1.29, 1.82) is 5.41 Å². The number of carbonyl (C=O) groups is 2. The van der Waals surface area contributed by atoms with Crippen LogP contribution in [0.3, 0.4) is 0 Å². The first-order valence-corrected chi connectivity index (χ1v) is 8.31. The first-order valence-electron chi connectivity index (χ1n) is 8.31. The topological polar surface area (TPSA) is 164 Å². The predicted molar refractivity (Wildman–Crippen MR) is 104 cm³/mol. The van der Waals surface area contributed by atoms with Crippen molar-refractivity contribution < 1.29 is 34.0 Å². The molecular weight excluding hydrogens is 382 g/mol. The number of amidine groups is 1. The number of hydrogen-bond donors (Lipinski definition) is 5. The molecule has 1 unspecified atom stereocenters. The van der Waals surface area contributed by atoms with Gasteiger partial charge in [0.25, 0.3) is 0 Å².